The Morgan fingerprint density at radius 1 is 1.15 bits per heavy atom. The van der Waals surface area contributed by atoms with E-state index in [0.717, 1.165) is 30.2 Å². The Kier molecular flexibility index (Phi) is 5.25. The number of hydrogen-bond donors (Lipinski definition) is 1. The van der Waals surface area contributed by atoms with Crippen molar-refractivity contribution in [2.24, 2.45) is 0 Å². The molecule has 0 aromatic carbocycles. The molecule has 2 aliphatic rings. The second kappa shape index (κ2) is 7.78. The number of fused-ring (bicyclic) bond motifs is 1. The van der Waals surface area contributed by atoms with E-state index in [2.05, 4.69) is 15.2 Å². The summed E-state index contributed by atoms with van der Waals surface area (Å²) in [6, 6.07) is 4.99. The molecular formula is C21H30N4O. The summed E-state index contributed by atoms with van der Waals surface area (Å²) in [5, 5.41) is 3.24. The lowest BCUT2D eigenvalue weighted by molar-refractivity contribution is 0.0856. The normalized spacial score (nSPS) is 23.0. The number of pyridine rings is 1. The summed E-state index contributed by atoms with van der Waals surface area (Å²) in [4.78, 5) is 19.8. The molecule has 2 aromatic heterocycles. The molecule has 5 heteroatoms. The van der Waals surface area contributed by atoms with E-state index in [1.54, 1.807) is 0 Å². The second-order valence-electron chi connectivity index (χ2n) is 8.05. The number of imidazole rings is 1. The Morgan fingerprint density at radius 2 is 1.96 bits per heavy atom. The van der Waals surface area contributed by atoms with E-state index in [1.807, 2.05) is 35.9 Å². The second-order valence-corrected chi connectivity index (χ2v) is 8.05. The van der Waals surface area contributed by atoms with E-state index in [9.17, 15) is 4.79 Å². The van der Waals surface area contributed by atoms with Gasteiger partial charge in [-0.3, -0.25) is 9.69 Å². The summed E-state index contributed by atoms with van der Waals surface area (Å²) in [6.07, 6.45) is 14.2. The summed E-state index contributed by atoms with van der Waals surface area (Å²) in [5.41, 5.74) is 2.50. The number of aryl methyl sites for hydroxylation is 1. The molecule has 1 N–H and O–H groups in total. The van der Waals surface area contributed by atoms with Gasteiger partial charge < -0.3 is 9.72 Å². The smallest absolute Gasteiger partial charge is 0.271 e. The van der Waals surface area contributed by atoms with Crippen LogP contribution in [0.5, 0.6) is 0 Å². The number of rotatable bonds is 3. The number of likely N-dealkylation sites (tertiary alicyclic amines) is 1. The standard InChI is InChI=1S/C21H30N4O/c1-16-10-12-25-15-19(23-20(25)13-16)21(26)22-17-7-6-11-24(14-17)18-8-4-2-3-5-9-18/h10,12-13,15,17-18H,2-9,11,14H2,1H3,(H,22,26). The molecule has 1 aliphatic carbocycles. The van der Waals surface area contributed by atoms with E-state index in [4.69, 9.17) is 0 Å². The zero-order valence-electron chi connectivity index (χ0n) is 15.8. The van der Waals surface area contributed by atoms with Crippen molar-refractivity contribution in [3.63, 3.8) is 0 Å². The summed E-state index contributed by atoms with van der Waals surface area (Å²) in [7, 11) is 0. The van der Waals surface area contributed by atoms with Gasteiger partial charge in [-0.2, -0.15) is 0 Å². The lowest BCUT2D eigenvalue weighted by atomic mass is 10.00. The zero-order chi connectivity index (χ0) is 17.9. The Hall–Kier alpha value is -1.88. The van der Waals surface area contributed by atoms with Gasteiger partial charge in [0, 0.05) is 31.0 Å². The molecule has 1 atom stereocenters. The maximum atomic E-state index is 12.7. The highest BCUT2D eigenvalue weighted by Gasteiger charge is 2.27. The monoisotopic (exact) mass is 354 g/mol. The van der Waals surface area contributed by atoms with Crippen LogP contribution in [0.2, 0.25) is 0 Å². The molecule has 0 bridgehead atoms. The quantitative estimate of drug-likeness (QED) is 0.858. The summed E-state index contributed by atoms with van der Waals surface area (Å²) in [6.45, 7) is 4.21. The Morgan fingerprint density at radius 3 is 2.77 bits per heavy atom. The van der Waals surface area contributed by atoms with Gasteiger partial charge in [-0.25, -0.2) is 4.98 Å². The third-order valence-electron chi connectivity index (χ3n) is 5.98. The van der Waals surface area contributed by atoms with Crippen LogP contribution in [0.4, 0.5) is 0 Å². The maximum absolute atomic E-state index is 12.7. The predicted molar refractivity (Wildman–Crippen MR) is 103 cm³/mol. The van der Waals surface area contributed by atoms with Crippen molar-refractivity contribution >= 4 is 11.6 Å². The predicted octanol–water partition coefficient (Wildman–Crippen LogP) is 3.56. The van der Waals surface area contributed by atoms with Gasteiger partial charge in [0.1, 0.15) is 11.3 Å². The molecular weight excluding hydrogens is 324 g/mol. The highest BCUT2D eigenvalue weighted by atomic mass is 16.2. The summed E-state index contributed by atoms with van der Waals surface area (Å²) >= 11 is 0. The molecule has 3 heterocycles. The van der Waals surface area contributed by atoms with E-state index < -0.39 is 0 Å². The van der Waals surface area contributed by atoms with Crippen molar-refractivity contribution in [1.82, 2.24) is 19.6 Å². The number of carbonyl (C=O) groups excluding carboxylic acids is 1. The first-order valence-corrected chi connectivity index (χ1v) is 10.2. The highest BCUT2D eigenvalue weighted by molar-refractivity contribution is 5.93. The Balaban J connectivity index is 1.39. The molecule has 1 amide bonds. The minimum absolute atomic E-state index is 0.0425. The van der Waals surface area contributed by atoms with E-state index >= 15 is 0 Å². The molecule has 4 rings (SSSR count). The van der Waals surface area contributed by atoms with Gasteiger partial charge in [-0.1, -0.05) is 25.7 Å². The van der Waals surface area contributed by atoms with Crippen LogP contribution in [0.3, 0.4) is 0 Å². The SMILES string of the molecule is Cc1ccn2cc(C(=O)NC3CCCN(C4CCCCCC4)C3)nc2c1. The fourth-order valence-corrected chi connectivity index (χ4v) is 4.53. The van der Waals surface area contributed by atoms with Gasteiger partial charge in [-0.05, 0) is 56.8 Å². The molecule has 1 aliphatic heterocycles. The first-order valence-electron chi connectivity index (χ1n) is 10.2. The Labute approximate surface area is 155 Å². The zero-order valence-corrected chi connectivity index (χ0v) is 15.8. The van der Waals surface area contributed by atoms with Crippen LogP contribution in [0.25, 0.3) is 5.65 Å². The van der Waals surface area contributed by atoms with Crippen molar-refractivity contribution in [2.45, 2.75) is 70.4 Å². The number of amides is 1. The van der Waals surface area contributed by atoms with Crippen LogP contribution in [-0.2, 0) is 0 Å². The minimum atomic E-state index is -0.0425. The third kappa shape index (κ3) is 3.93. The molecule has 0 radical (unpaired) electrons. The van der Waals surface area contributed by atoms with Gasteiger partial charge >= 0.3 is 0 Å². The van der Waals surface area contributed by atoms with Crippen molar-refractivity contribution in [1.29, 1.82) is 0 Å². The molecule has 1 saturated heterocycles. The molecule has 1 saturated carbocycles. The van der Waals surface area contributed by atoms with Crippen LogP contribution >= 0.6 is 0 Å². The number of nitrogens with one attached hydrogen (secondary N) is 1. The van der Waals surface area contributed by atoms with Gasteiger partial charge in [0.05, 0.1) is 0 Å². The summed E-state index contributed by atoms with van der Waals surface area (Å²) < 4.78 is 1.92. The first kappa shape index (κ1) is 17.5. The van der Waals surface area contributed by atoms with Crippen LogP contribution in [0, 0.1) is 6.92 Å². The van der Waals surface area contributed by atoms with Crippen molar-refractivity contribution in [3.05, 3.63) is 35.8 Å². The number of piperidine rings is 1. The van der Waals surface area contributed by atoms with Crippen LogP contribution in [-0.4, -0.2) is 45.4 Å². The van der Waals surface area contributed by atoms with Crippen molar-refractivity contribution in [2.75, 3.05) is 13.1 Å². The van der Waals surface area contributed by atoms with E-state index in [1.165, 1.54) is 51.5 Å². The molecule has 26 heavy (non-hydrogen) atoms. The van der Waals surface area contributed by atoms with Gasteiger partial charge in [0.15, 0.2) is 0 Å². The highest BCUT2D eigenvalue weighted by Crippen LogP contribution is 2.24. The van der Waals surface area contributed by atoms with E-state index in [0.29, 0.717) is 5.69 Å². The molecule has 2 aromatic rings. The Bertz CT molecular complexity index is 760. The molecule has 1 unspecified atom stereocenters. The molecule has 140 valence electrons. The molecule has 0 spiro atoms. The lowest BCUT2D eigenvalue weighted by Crippen LogP contribution is -2.51. The van der Waals surface area contributed by atoms with Gasteiger partial charge in [0.2, 0.25) is 0 Å². The minimum Gasteiger partial charge on any atom is -0.347 e. The topological polar surface area (TPSA) is 49.6 Å². The average Bonchev–Trinajstić information content (AvgIpc) is 2.87. The van der Waals surface area contributed by atoms with Gasteiger partial charge in [-0.15, -0.1) is 0 Å². The first-order chi connectivity index (χ1) is 12.7. The maximum Gasteiger partial charge on any atom is 0.271 e. The third-order valence-corrected chi connectivity index (χ3v) is 5.98. The lowest BCUT2D eigenvalue weighted by Gasteiger charge is -2.38. The number of nitrogens with zero attached hydrogens (tertiary/aromatic N) is 3. The van der Waals surface area contributed by atoms with Crippen molar-refractivity contribution < 1.29 is 4.79 Å². The van der Waals surface area contributed by atoms with Crippen LogP contribution in [0.1, 0.15) is 67.4 Å². The van der Waals surface area contributed by atoms with Gasteiger partial charge in [0.25, 0.3) is 5.91 Å². The fourth-order valence-electron chi connectivity index (χ4n) is 4.53. The van der Waals surface area contributed by atoms with E-state index in [-0.39, 0.29) is 11.9 Å². The number of carbonyl (C=O) groups is 1. The average molecular weight is 354 g/mol. The van der Waals surface area contributed by atoms with Crippen LogP contribution < -0.4 is 5.32 Å². The molecule has 2 fully saturated rings. The van der Waals surface area contributed by atoms with Crippen molar-refractivity contribution in [3.8, 4) is 0 Å². The largest absolute Gasteiger partial charge is 0.347 e. The number of aromatic nitrogens is 2. The number of hydrogen-bond acceptors (Lipinski definition) is 3. The van der Waals surface area contributed by atoms with Crippen LogP contribution in [0.15, 0.2) is 24.5 Å². The summed E-state index contributed by atoms with van der Waals surface area (Å²) in [5.74, 6) is -0.0425. The fraction of sp³-hybridized carbons (Fsp3) is 0.619. The molecule has 5 nitrogen and oxygen atoms in total.